The zero-order valence-electron chi connectivity index (χ0n) is 18.1. The number of benzene rings is 3. The van der Waals surface area contributed by atoms with E-state index in [9.17, 15) is 23.1 Å². The van der Waals surface area contributed by atoms with Crippen molar-refractivity contribution in [2.24, 2.45) is 10.1 Å². The lowest BCUT2D eigenvalue weighted by molar-refractivity contribution is 0.101. The van der Waals surface area contributed by atoms with Gasteiger partial charge in [-0.1, -0.05) is 42.5 Å². The molecule has 0 saturated heterocycles. The molecule has 0 bridgehead atoms. The Hall–Kier alpha value is -4.08. The van der Waals surface area contributed by atoms with Gasteiger partial charge in [0, 0.05) is 22.6 Å². The number of nitrogens with one attached hydrogen (secondary N) is 1. The number of Topliss-reactive ketones (excluding diaryl/α,β-unsaturated/α-hetero) is 1. The van der Waals surface area contributed by atoms with Gasteiger partial charge in [-0.2, -0.15) is 0 Å². The Morgan fingerprint density at radius 3 is 2.26 bits per heavy atom. The number of ketones is 1. The zero-order chi connectivity index (χ0) is 24.5. The first-order chi connectivity index (χ1) is 16.1. The number of H-pyrrole nitrogens is 1. The summed E-state index contributed by atoms with van der Waals surface area (Å²) < 4.78 is 22.8. The van der Waals surface area contributed by atoms with E-state index in [4.69, 9.17) is 5.14 Å². The molecule has 0 aliphatic rings. The molecule has 0 radical (unpaired) electrons. The number of aromatic amines is 1. The van der Waals surface area contributed by atoms with E-state index in [1.807, 2.05) is 12.1 Å². The Kier molecular flexibility index (Phi) is 6.14. The van der Waals surface area contributed by atoms with E-state index in [-0.39, 0.29) is 23.1 Å². The average molecular weight is 476 g/mol. The molecule has 0 atom stereocenters. The van der Waals surface area contributed by atoms with Crippen LogP contribution in [-0.2, 0) is 16.6 Å². The van der Waals surface area contributed by atoms with Crippen LogP contribution in [0.2, 0.25) is 0 Å². The molecular weight excluding hydrogens is 454 g/mol. The van der Waals surface area contributed by atoms with Gasteiger partial charge in [-0.3, -0.25) is 19.6 Å². The van der Waals surface area contributed by atoms with Crippen LogP contribution in [0.3, 0.4) is 0 Å². The Morgan fingerprint density at radius 2 is 1.65 bits per heavy atom. The van der Waals surface area contributed by atoms with Crippen molar-refractivity contribution in [3.8, 4) is 17.0 Å². The van der Waals surface area contributed by atoms with E-state index in [0.29, 0.717) is 21.9 Å². The number of rotatable bonds is 6. The van der Waals surface area contributed by atoms with Gasteiger partial charge in [-0.05, 0) is 47.9 Å². The van der Waals surface area contributed by atoms with Crippen molar-refractivity contribution in [3.63, 3.8) is 0 Å². The maximum absolute atomic E-state index is 12.4. The minimum Gasteiger partial charge on any atom is -0.494 e. The number of nitrogens with zero attached hydrogens (tertiary/aromatic N) is 1. The Balaban J connectivity index is 1.69. The van der Waals surface area contributed by atoms with Gasteiger partial charge in [0.05, 0.1) is 17.0 Å². The standard InChI is InChI=1S/C25H21N3O5S/c1-15(29)17-4-6-18(7-5-17)19-8-11-21-22(12-19)23(25(31)28-24(21)30)14-27-13-16-2-9-20(10-3-16)34(26,32)33/h2-12,14H,13H2,1H3,(H2,26,32,33)(H2,28,30,31). The fourth-order valence-electron chi connectivity index (χ4n) is 3.57. The number of aromatic nitrogens is 1. The van der Waals surface area contributed by atoms with Crippen LogP contribution >= 0.6 is 0 Å². The average Bonchev–Trinajstić information content (AvgIpc) is 2.80. The highest BCUT2D eigenvalue weighted by molar-refractivity contribution is 7.89. The minimum atomic E-state index is -3.77. The summed E-state index contributed by atoms with van der Waals surface area (Å²) >= 11 is 0. The molecule has 4 N–H and O–H groups in total. The van der Waals surface area contributed by atoms with Gasteiger partial charge in [0.1, 0.15) is 0 Å². The summed E-state index contributed by atoms with van der Waals surface area (Å²) in [5.41, 5.74) is 2.91. The number of sulfonamides is 1. The molecule has 0 aliphatic heterocycles. The molecular formula is C25H21N3O5S. The van der Waals surface area contributed by atoms with E-state index in [1.54, 1.807) is 42.5 Å². The van der Waals surface area contributed by atoms with Crippen LogP contribution in [0.15, 0.2) is 81.4 Å². The van der Waals surface area contributed by atoms with Crippen molar-refractivity contribution in [1.82, 2.24) is 4.98 Å². The lowest BCUT2D eigenvalue weighted by Gasteiger charge is -2.08. The maximum Gasteiger partial charge on any atom is 0.258 e. The second-order valence-electron chi connectivity index (χ2n) is 7.77. The highest BCUT2D eigenvalue weighted by Gasteiger charge is 2.12. The molecule has 3 aromatic carbocycles. The molecule has 0 spiro atoms. The van der Waals surface area contributed by atoms with Gasteiger partial charge in [-0.25, -0.2) is 13.6 Å². The zero-order valence-corrected chi connectivity index (χ0v) is 19.0. The molecule has 172 valence electrons. The number of nitrogens with two attached hydrogens (primary N) is 1. The fourth-order valence-corrected chi connectivity index (χ4v) is 4.08. The van der Waals surface area contributed by atoms with Crippen LogP contribution in [0.1, 0.15) is 28.4 Å². The molecule has 0 unspecified atom stereocenters. The maximum atomic E-state index is 12.4. The van der Waals surface area contributed by atoms with Gasteiger partial charge < -0.3 is 5.11 Å². The molecule has 34 heavy (non-hydrogen) atoms. The molecule has 1 aromatic heterocycles. The predicted octanol–water partition coefficient (Wildman–Crippen LogP) is 3.37. The molecule has 4 rings (SSSR count). The third-order valence-corrected chi connectivity index (χ3v) is 6.34. The van der Waals surface area contributed by atoms with Crippen LogP contribution < -0.4 is 10.7 Å². The summed E-state index contributed by atoms with van der Waals surface area (Å²) in [6.45, 7) is 1.72. The third-order valence-electron chi connectivity index (χ3n) is 5.41. The van der Waals surface area contributed by atoms with Crippen LogP contribution in [0.4, 0.5) is 0 Å². The minimum absolute atomic E-state index is 0.00775. The lowest BCUT2D eigenvalue weighted by Crippen LogP contribution is -2.11. The van der Waals surface area contributed by atoms with Gasteiger partial charge in [0.25, 0.3) is 5.56 Å². The van der Waals surface area contributed by atoms with Crippen LogP contribution in [-0.4, -0.2) is 30.5 Å². The van der Waals surface area contributed by atoms with Gasteiger partial charge in [0.2, 0.25) is 15.9 Å². The molecule has 0 fully saturated rings. The van der Waals surface area contributed by atoms with E-state index in [1.165, 1.54) is 25.3 Å². The van der Waals surface area contributed by atoms with Crippen molar-refractivity contribution < 1.29 is 18.3 Å². The van der Waals surface area contributed by atoms with E-state index >= 15 is 0 Å². The quantitative estimate of drug-likeness (QED) is 0.289. The number of aliphatic imine (C=N–C) groups is 1. The van der Waals surface area contributed by atoms with Crippen molar-refractivity contribution >= 4 is 32.8 Å². The highest BCUT2D eigenvalue weighted by Crippen LogP contribution is 2.27. The van der Waals surface area contributed by atoms with E-state index in [0.717, 1.165) is 16.7 Å². The normalized spacial score (nSPS) is 11.8. The van der Waals surface area contributed by atoms with Gasteiger partial charge in [-0.15, -0.1) is 0 Å². The summed E-state index contributed by atoms with van der Waals surface area (Å²) in [5, 5.41) is 16.4. The van der Waals surface area contributed by atoms with Crippen molar-refractivity contribution in [3.05, 3.63) is 93.8 Å². The molecule has 8 nitrogen and oxygen atoms in total. The molecule has 4 aromatic rings. The number of aromatic hydroxyl groups is 1. The van der Waals surface area contributed by atoms with E-state index < -0.39 is 15.6 Å². The summed E-state index contributed by atoms with van der Waals surface area (Å²) in [4.78, 5) is 30.7. The largest absolute Gasteiger partial charge is 0.494 e. The van der Waals surface area contributed by atoms with Crippen molar-refractivity contribution in [2.75, 3.05) is 0 Å². The first-order valence-corrected chi connectivity index (χ1v) is 11.8. The van der Waals surface area contributed by atoms with Crippen molar-refractivity contribution in [2.45, 2.75) is 18.4 Å². The van der Waals surface area contributed by atoms with Crippen molar-refractivity contribution in [1.29, 1.82) is 0 Å². The topological polar surface area (TPSA) is 143 Å². The molecule has 1 heterocycles. The first kappa shape index (κ1) is 23.1. The molecule has 0 aliphatic carbocycles. The first-order valence-electron chi connectivity index (χ1n) is 10.3. The van der Waals surface area contributed by atoms with Crippen LogP contribution in [0.25, 0.3) is 21.9 Å². The monoisotopic (exact) mass is 475 g/mol. The van der Waals surface area contributed by atoms with Gasteiger partial charge >= 0.3 is 0 Å². The number of primary sulfonamides is 1. The molecule has 9 heteroatoms. The third kappa shape index (κ3) is 4.80. The Labute approximate surface area is 195 Å². The van der Waals surface area contributed by atoms with Gasteiger partial charge in [0.15, 0.2) is 5.78 Å². The number of carbonyl (C=O) groups excluding carboxylic acids is 1. The summed E-state index contributed by atoms with van der Waals surface area (Å²) in [6.07, 6.45) is 1.46. The molecule has 0 amide bonds. The van der Waals surface area contributed by atoms with Crippen LogP contribution in [0.5, 0.6) is 5.88 Å². The number of fused-ring (bicyclic) bond motifs is 1. The second kappa shape index (κ2) is 9.05. The summed E-state index contributed by atoms with van der Waals surface area (Å²) in [5.74, 6) is -0.339. The SMILES string of the molecule is CC(=O)c1ccc(-c2ccc3c(=O)[nH]c(O)c(C=NCc4ccc(S(N)(=O)=O)cc4)c3c2)cc1. The second-order valence-corrected chi connectivity index (χ2v) is 9.33. The Morgan fingerprint density at radius 1 is 1.00 bits per heavy atom. The highest BCUT2D eigenvalue weighted by atomic mass is 32.2. The van der Waals surface area contributed by atoms with Crippen LogP contribution in [0, 0.1) is 0 Å². The summed E-state index contributed by atoms with van der Waals surface area (Å²) in [6, 6.07) is 18.4. The summed E-state index contributed by atoms with van der Waals surface area (Å²) in [7, 11) is -3.77. The number of carbonyl (C=O) groups is 1. The predicted molar refractivity (Wildman–Crippen MR) is 131 cm³/mol. The molecule has 0 saturated carbocycles. The number of hydrogen-bond donors (Lipinski definition) is 3. The Bertz CT molecular complexity index is 1590. The number of hydrogen-bond acceptors (Lipinski definition) is 6. The smallest absolute Gasteiger partial charge is 0.258 e. The van der Waals surface area contributed by atoms with E-state index in [2.05, 4.69) is 9.98 Å². The fraction of sp³-hybridized carbons (Fsp3) is 0.0800. The number of pyridine rings is 1. The lowest BCUT2D eigenvalue weighted by atomic mass is 9.98.